The first-order chi connectivity index (χ1) is 13.7. The van der Waals surface area contributed by atoms with Gasteiger partial charge in [-0.25, -0.2) is 0 Å². The van der Waals surface area contributed by atoms with Crippen molar-refractivity contribution in [2.24, 2.45) is 0 Å². The van der Waals surface area contributed by atoms with Crippen LogP contribution in [0.4, 0.5) is 11.4 Å². The molecule has 0 radical (unpaired) electrons. The molecule has 1 fully saturated rings. The number of methoxy groups -OCH3 is 1. The molecular weight excluding hydrogens is 376 g/mol. The molecule has 1 heterocycles. The number of ether oxygens (including phenoxy) is 2. The molecule has 0 atom stereocenters. The molecule has 1 saturated heterocycles. The fraction of sp³-hybridized carbons (Fsp3) is 0.227. The van der Waals surface area contributed by atoms with Gasteiger partial charge in [0.1, 0.15) is 5.75 Å². The largest absolute Gasteiger partial charge is 0.496 e. The summed E-state index contributed by atoms with van der Waals surface area (Å²) >= 11 is 6.47. The third-order valence-electron chi connectivity index (χ3n) is 4.87. The number of para-hydroxylation sites is 1. The summed E-state index contributed by atoms with van der Waals surface area (Å²) in [7, 11) is 1.57. The standard InChI is InChI=1S/C22H21ClN2O3/c1-27-20-14-16-6-3-2-5-15(16)13-17(20)22(26)24-19-8-4-7-18(23)21(19)25-9-11-28-12-10-25/h2-8,13-14H,9-12H2,1H3,(H,24,26). The molecule has 4 rings (SSSR count). The summed E-state index contributed by atoms with van der Waals surface area (Å²) in [6, 6.07) is 17.1. The summed E-state index contributed by atoms with van der Waals surface area (Å²) in [4.78, 5) is 15.2. The number of nitrogens with zero attached hydrogens (tertiary/aromatic N) is 1. The van der Waals surface area contributed by atoms with Crippen molar-refractivity contribution in [3.63, 3.8) is 0 Å². The van der Waals surface area contributed by atoms with Crippen molar-refractivity contribution in [3.8, 4) is 5.75 Å². The van der Waals surface area contributed by atoms with Gasteiger partial charge in [-0.3, -0.25) is 4.79 Å². The number of nitrogens with one attached hydrogen (secondary N) is 1. The number of amides is 1. The number of anilines is 2. The molecule has 1 aliphatic heterocycles. The summed E-state index contributed by atoms with van der Waals surface area (Å²) < 4.78 is 10.9. The minimum absolute atomic E-state index is 0.237. The van der Waals surface area contributed by atoms with Gasteiger partial charge in [0.15, 0.2) is 0 Å². The molecule has 0 saturated carbocycles. The highest BCUT2D eigenvalue weighted by atomic mass is 35.5. The van der Waals surface area contributed by atoms with E-state index in [1.54, 1.807) is 7.11 Å². The van der Waals surface area contributed by atoms with E-state index in [2.05, 4.69) is 10.2 Å². The van der Waals surface area contributed by atoms with Crippen molar-refractivity contribution in [1.82, 2.24) is 0 Å². The van der Waals surface area contributed by atoms with E-state index < -0.39 is 0 Å². The summed E-state index contributed by atoms with van der Waals surface area (Å²) in [5.41, 5.74) is 1.98. The smallest absolute Gasteiger partial charge is 0.259 e. The molecule has 1 N–H and O–H groups in total. The molecule has 0 spiro atoms. The van der Waals surface area contributed by atoms with Crippen molar-refractivity contribution in [1.29, 1.82) is 0 Å². The minimum atomic E-state index is -0.237. The van der Waals surface area contributed by atoms with Gasteiger partial charge in [0.05, 0.1) is 42.3 Å². The molecule has 0 unspecified atom stereocenters. The lowest BCUT2D eigenvalue weighted by molar-refractivity contribution is 0.102. The lowest BCUT2D eigenvalue weighted by Gasteiger charge is -2.31. The van der Waals surface area contributed by atoms with Crippen LogP contribution in [0.15, 0.2) is 54.6 Å². The topological polar surface area (TPSA) is 50.8 Å². The second-order valence-corrected chi connectivity index (χ2v) is 7.00. The molecule has 1 aliphatic rings. The zero-order valence-corrected chi connectivity index (χ0v) is 16.3. The van der Waals surface area contributed by atoms with Gasteiger partial charge in [-0.05, 0) is 35.0 Å². The minimum Gasteiger partial charge on any atom is -0.496 e. The average molecular weight is 397 g/mol. The number of hydrogen-bond acceptors (Lipinski definition) is 4. The van der Waals surface area contributed by atoms with Crippen LogP contribution in [0.5, 0.6) is 5.75 Å². The molecule has 144 valence electrons. The molecule has 3 aromatic rings. The van der Waals surface area contributed by atoms with Crippen LogP contribution in [0.3, 0.4) is 0 Å². The molecule has 0 bridgehead atoms. The molecule has 0 aliphatic carbocycles. The maximum Gasteiger partial charge on any atom is 0.259 e. The Labute approximate surface area is 168 Å². The molecular formula is C22H21ClN2O3. The summed E-state index contributed by atoms with van der Waals surface area (Å²) in [5.74, 6) is 0.297. The van der Waals surface area contributed by atoms with E-state index in [4.69, 9.17) is 21.1 Å². The molecule has 1 amide bonds. The van der Waals surface area contributed by atoms with Crippen LogP contribution >= 0.6 is 11.6 Å². The molecule has 5 nitrogen and oxygen atoms in total. The third-order valence-corrected chi connectivity index (χ3v) is 5.18. The number of benzene rings is 3. The van der Waals surface area contributed by atoms with Crippen molar-refractivity contribution in [2.75, 3.05) is 43.6 Å². The lowest BCUT2D eigenvalue weighted by atomic mass is 10.0. The van der Waals surface area contributed by atoms with Crippen molar-refractivity contribution >= 4 is 39.7 Å². The zero-order chi connectivity index (χ0) is 19.5. The quantitative estimate of drug-likeness (QED) is 0.700. The molecule has 28 heavy (non-hydrogen) atoms. The Morgan fingerprint density at radius 1 is 1.07 bits per heavy atom. The fourth-order valence-electron chi connectivity index (χ4n) is 3.48. The van der Waals surface area contributed by atoms with Crippen LogP contribution in [0.2, 0.25) is 5.02 Å². The SMILES string of the molecule is COc1cc2ccccc2cc1C(=O)Nc1cccc(Cl)c1N1CCOCC1. The van der Waals surface area contributed by atoms with Gasteiger partial charge in [-0.2, -0.15) is 0 Å². The summed E-state index contributed by atoms with van der Waals surface area (Å²) in [6.45, 7) is 2.73. The molecule has 3 aromatic carbocycles. The van der Waals surface area contributed by atoms with Crippen LogP contribution < -0.4 is 15.0 Å². The fourth-order valence-corrected chi connectivity index (χ4v) is 3.77. The van der Waals surface area contributed by atoms with E-state index in [1.165, 1.54) is 0 Å². The number of morpholine rings is 1. The number of carbonyl (C=O) groups is 1. The van der Waals surface area contributed by atoms with E-state index in [9.17, 15) is 4.79 Å². The Kier molecular flexibility index (Phi) is 5.37. The van der Waals surface area contributed by atoms with Gasteiger partial charge in [0.25, 0.3) is 5.91 Å². The first kappa shape index (κ1) is 18.6. The van der Waals surface area contributed by atoms with E-state index >= 15 is 0 Å². The number of carbonyl (C=O) groups excluding carboxylic acids is 1. The van der Waals surface area contributed by atoms with E-state index in [0.29, 0.717) is 35.2 Å². The predicted octanol–water partition coefficient (Wildman–Crippen LogP) is 4.59. The Morgan fingerprint density at radius 2 is 1.79 bits per heavy atom. The van der Waals surface area contributed by atoms with Crippen LogP contribution in [-0.4, -0.2) is 39.3 Å². The van der Waals surface area contributed by atoms with Crippen molar-refractivity contribution in [2.45, 2.75) is 0 Å². The molecule has 6 heteroatoms. The van der Waals surface area contributed by atoms with Crippen molar-refractivity contribution < 1.29 is 14.3 Å². The predicted molar refractivity (Wildman–Crippen MR) is 113 cm³/mol. The number of hydrogen-bond donors (Lipinski definition) is 1. The first-order valence-electron chi connectivity index (χ1n) is 9.16. The van der Waals surface area contributed by atoms with Crippen LogP contribution in [0.25, 0.3) is 10.8 Å². The second kappa shape index (κ2) is 8.09. The highest BCUT2D eigenvalue weighted by molar-refractivity contribution is 6.34. The number of fused-ring (bicyclic) bond motifs is 1. The second-order valence-electron chi connectivity index (χ2n) is 6.59. The zero-order valence-electron chi connectivity index (χ0n) is 15.6. The maximum absolute atomic E-state index is 13.1. The van der Waals surface area contributed by atoms with E-state index in [1.807, 2.05) is 54.6 Å². The van der Waals surface area contributed by atoms with Gasteiger partial charge in [-0.15, -0.1) is 0 Å². The Hall–Kier alpha value is -2.76. The molecule has 0 aromatic heterocycles. The van der Waals surface area contributed by atoms with E-state index in [-0.39, 0.29) is 5.91 Å². The highest BCUT2D eigenvalue weighted by Crippen LogP contribution is 2.35. The number of rotatable bonds is 4. The first-order valence-corrected chi connectivity index (χ1v) is 9.54. The van der Waals surface area contributed by atoms with Gasteiger partial charge in [0.2, 0.25) is 0 Å². The average Bonchev–Trinajstić information content (AvgIpc) is 2.73. The number of halogens is 1. The lowest BCUT2D eigenvalue weighted by Crippen LogP contribution is -2.37. The van der Waals surface area contributed by atoms with Crippen LogP contribution in [0, 0.1) is 0 Å². The normalized spacial score (nSPS) is 14.1. The van der Waals surface area contributed by atoms with Gasteiger partial charge < -0.3 is 19.7 Å². The Morgan fingerprint density at radius 3 is 2.50 bits per heavy atom. The monoisotopic (exact) mass is 396 g/mol. The van der Waals surface area contributed by atoms with E-state index in [0.717, 1.165) is 29.5 Å². The third kappa shape index (κ3) is 3.63. The van der Waals surface area contributed by atoms with Gasteiger partial charge in [-0.1, -0.05) is 41.9 Å². The van der Waals surface area contributed by atoms with Crippen LogP contribution in [-0.2, 0) is 4.74 Å². The van der Waals surface area contributed by atoms with Crippen molar-refractivity contribution in [3.05, 3.63) is 65.2 Å². The van der Waals surface area contributed by atoms with Crippen LogP contribution in [0.1, 0.15) is 10.4 Å². The summed E-state index contributed by atoms with van der Waals surface area (Å²) in [6.07, 6.45) is 0. The Bertz CT molecular complexity index is 1020. The Balaban J connectivity index is 1.69. The summed E-state index contributed by atoms with van der Waals surface area (Å²) in [5, 5.41) is 5.62. The maximum atomic E-state index is 13.1. The van der Waals surface area contributed by atoms with Gasteiger partial charge >= 0.3 is 0 Å². The highest BCUT2D eigenvalue weighted by Gasteiger charge is 2.21. The van der Waals surface area contributed by atoms with Gasteiger partial charge in [0, 0.05) is 13.1 Å².